The fourth-order valence-electron chi connectivity index (χ4n) is 1.50. The predicted molar refractivity (Wildman–Crippen MR) is 71.4 cm³/mol. The van der Waals surface area contributed by atoms with Gasteiger partial charge in [-0.1, -0.05) is 24.3 Å². The van der Waals surface area contributed by atoms with E-state index in [4.69, 9.17) is 4.74 Å². The zero-order chi connectivity index (χ0) is 12.1. The van der Waals surface area contributed by atoms with Crippen molar-refractivity contribution in [2.45, 2.75) is 13.8 Å². The molecule has 2 aromatic carbocycles. The Hall–Kier alpha value is -2.09. The van der Waals surface area contributed by atoms with Gasteiger partial charge in [0.25, 0.3) is 0 Å². The maximum absolute atomic E-state index is 5.73. The van der Waals surface area contributed by atoms with E-state index in [0.29, 0.717) is 0 Å². The molecule has 0 saturated carbocycles. The van der Waals surface area contributed by atoms with Crippen molar-refractivity contribution in [2.24, 2.45) is 4.99 Å². The lowest BCUT2D eigenvalue weighted by Crippen LogP contribution is -1.83. The first-order valence-electron chi connectivity index (χ1n) is 5.59. The van der Waals surface area contributed by atoms with E-state index in [1.165, 1.54) is 0 Å². The van der Waals surface area contributed by atoms with E-state index >= 15 is 0 Å². The van der Waals surface area contributed by atoms with Crippen LogP contribution in [-0.2, 0) is 0 Å². The van der Waals surface area contributed by atoms with Crippen molar-refractivity contribution in [3.63, 3.8) is 0 Å². The Morgan fingerprint density at radius 1 is 0.882 bits per heavy atom. The standard InChI is InChI=1S/C15H15NO/c1-12(2)16-13-7-6-10-15(11-13)17-14-8-4-3-5-9-14/h3-11H,1-2H3. The largest absolute Gasteiger partial charge is 0.457 e. The molecule has 2 aromatic rings. The molecule has 0 spiro atoms. The fraction of sp³-hybridized carbons (Fsp3) is 0.133. The summed E-state index contributed by atoms with van der Waals surface area (Å²) < 4.78 is 5.73. The number of aliphatic imine (C=N–C) groups is 1. The summed E-state index contributed by atoms with van der Waals surface area (Å²) in [7, 11) is 0. The highest BCUT2D eigenvalue weighted by Crippen LogP contribution is 2.25. The smallest absolute Gasteiger partial charge is 0.129 e. The average Bonchev–Trinajstić information content (AvgIpc) is 2.30. The molecule has 0 atom stereocenters. The van der Waals surface area contributed by atoms with Crippen molar-refractivity contribution in [3.8, 4) is 11.5 Å². The molecule has 0 radical (unpaired) electrons. The molecule has 2 rings (SSSR count). The Morgan fingerprint density at radius 3 is 2.29 bits per heavy atom. The highest BCUT2D eigenvalue weighted by atomic mass is 16.5. The van der Waals surface area contributed by atoms with Gasteiger partial charge in [-0.25, -0.2) is 0 Å². The highest BCUT2D eigenvalue weighted by molar-refractivity contribution is 5.82. The van der Waals surface area contributed by atoms with Gasteiger partial charge in [-0.3, -0.25) is 4.99 Å². The van der Waals surface area contributed by atoms with Crippen LogP contribution in [0.1, 0.15) is 13.8 Å². The van der Waals surface area contributed by atoms with Crippen LogP contribution in [0, 0.1) is 0 Å². The molecule has 0 amide bonds. The summed E-state index contributed by atoms with van der Waals surface area (Å²) in [4.78, 5) is 4.40. The van der Waals surface area contributed by atoms with Crippen LogP contribution in [0.5, 0.6) is 11.5 Å². The van der Waals surface area contributed by atoms with Gasteiger partial charge in [0.15, 0.2) is 0 Å². The van der Waals surface area contributed by atoms with Crippen LogP contribution in [0.3, 0.4) is 0 Å². The van der Waals surface area contributed by atoms with Crippen molar-refractivity contribution in [2.75, 3.05) is 0 Å². The van der Waals surface area contributed by atoms with Gasteiger partial charge in [-0.15, -0.1) is 0 Å². The third-order valence-corrected chi connectivity index (χ3v) is 2.15. The van der Waals surface area contributed by atoms with Crippen molar-refractivity contribution in [1.29, 1.82) is 0 Å². The van der Waals surface area contributed by atoms with Crippen molar-refractivity contribution in [1.82, 2.24) is 0 Å². The molecular formula is C15H15NO. The molecule has 0 bridgehead atoms. The van der Waals surface area contributed by atoms with Crippen LogP contribution in [0.2, 0.25) is 0 Å². The third kappa shape index (κ3) is 3.45. The van der Waals surface area contributed by atoms with E-state index in [9.17, 15) is 0 Å². The molecular weight excluding hydrogens is 210 g/mol. The average molecular weight is 225 g/mol. The van der Waals surface area contributed by atoms with Crippen LogP contribution in [-0.4, -0.2) is 5.71 Å². The Bertz CT molecular complexity index is 513. The minimum atomic E-state index is 0.804. The Kier molecular flexibility index (Phi) is 3.55. The van der Waals surface area contributed by atoms with Gasteiger partial charge in [0.2, 0.25) is 0 Å². The van der Waals surface area contributed by atoms with Crippen LogP contribution in [0.15, 0.2) is 59.6 Å². The second kappa shape index (κ2) is 5.30. The van der Waals surface area contributed by atoms with Gasteiger partial charge < -0.3 is 4.74 Å². The van der Waals surface area contributed by atoms with E-state index in [1.807, 2.05) is 68.4 Å². The van der Waals surface area contributed by atoms with Crippen molar-refractivity contribution < 1.29 is 4.74 Å². The number of para-hydroxylation sites is 1. The third-order valence-electron chi connectivity index (χ3n) is 2.15. The molecule has 0 fully saturated rings. The van der Waals surface area contributed by atoms with E-state index in [2.05, 4.69) is 4.99 Å². The van der Waals surface area contributed by atoms with Gasteiger partial charge in [0.1, 0.15) is 11.5 Å². The molecule has 0 unspecified atom stereocenters. The maximum atomic E-state index is 5.73. The van der Waals surface area contributed by atoms with Crippen LogP contribution in [0.25, 0.3) is 0 Å². The lowest BCUT2D eigenvalue weighted by atomic mass is 10.3. The van der Waals surface area contributed by atoms with Gasteiger partial charge in [0.05, 0.1) is 5.69 Å². The summed E-state index contributed by atoms with van der Waals surface area (Å²) in [5.41, 5.74) is 1.94. The van der Waals surface area contributed by atoms with E-state index in [0.717, 1.165) is 22.9 Å². The molecule has 0 N–H and O–H groups in total. The quantitative estimate of drug-likeness (QED) is 0.700. The first kappa shape index (κ1) is 11.4. The zero-order valence-corrected chi connectivity index (χ0v) is 10.1. The van der Waals surface area contributed by atoms with Gasteiger partial charge in [0, 0.05) is 11.8 Å². The van der Waals surface area contributed by atoms with E-state index in [-0.39, 0.29) is 0 Å². The summed E-state index contributed by atoms with van der Waals surface area (Å²) in [6.07, 6.45) is 0. The van der Waals surface area contributed by atoms with Gasteiger partial charge >= 0.3 is 0 Å². The molecule has 2 heteroatoms. The Morgan fingerprint density at radius 2 is 1.59 bits per heavy atom. The van der Waals surface area contributed by atoms with E-state index in [1.54, 1.807) is 0 Å². The number of benzene rings is 2. The number of nitrogens with zero attached hydrogens (tertiary/aromatic N) is 1. The molecule has 2 nitrogen and oxygen atoms in total. The summed E-state index contributed by atoms with van der Waals surface area (Å²) in [5.74, 6) is 1.64. The minimum absolute atomic E-state index is 0.804. The second-order valence-electron chi connectivity index (χ2n) is 3.97. The highest BCUT2D eigenvalue weighted by Gasteiger charge is 1.97. The first-order chi connectivity index (χ1) is 8.24. The van der Waals surface area contributed by atoms with Crippen LogP contribution < -0.4 is 4.74 Å². The molecule has 17 heavy (non-hydrogen) atoms. The summed E-state index contributed by atoms with van der Waals surface area (Å²) in [5, 5.41) is 0. The SMILES string of the molecule is CC(C)=Nc1cccc(Oc2ccccc2)c1. The monoisotopic (exact) mass is 225 g/mol. The van der Waals surface area contributed by atoms with E-state index < -0.39 is 0 Å². The predicted octanol–water partition coefficient (Wildman–Crippen LogP) is 4.59. The summed E-state index contributed by atoms with van der Waals surface area (Å²) >= 11 is 0. The van der Waals surface area contributed by atoms with Crippen molar-refractivity contribution in [3.05, 3.63) is 54.6 Å². The molecule has 0 aromatic heterocycles. The fourth-order valence-corrected chi connectivity index (χ4v) is 1.50. The molecule has 0 aliphatic carbocycles. The lowest BCUT2D eigenvalue weighted by molar-refractivity contribution is 0.483. The molecule has 86 valence electrons. The Balaban J connectivity index is 2.20. The maximum Gasteiger partial charge on any atom is 0.129 e. The lowest BCUT2D eigenvalue weighted by Gasteiger charge is -2.05. The topological polar surface area (TPSA) is 21.6 Å². The van der Waals surface area contributed by atoms with Gasteiger partial charge in [-0.2, -0.15) is 0 Å². The van der Waals surface area contributed by atoms with Crippen LogP contribution in [0.4, 0.5) is 5.69 Å². The molecule has 0 heterocycles. The van der Waals surface area contributed by atoms with Gasteiger partial charge in [-0.05, 0) is 38.1 Å². The molecule has 0 aliphatic heterocycles. The molecule has 0 saturated heterocycles. The zero-order valence-electron chi connectivity index (χ0n) is 10.1. The number of ether oxygens (including phenoxy) is 1. The second-order valence-corrected chi connectivity index (χ2v) is 3.97. The number of hydrogen-bond acceptors (Lipinski definition) is 2. The Labute approximate surface area is 102 Å². The van der Waals surface area contributed by atoms with Crippen molar-refractivity contribution >= 4 is 11.4 Å². The first-order valence-corrected chi connectivity index (χ1v) is 5.59. The minimum Gasteiger partial charge on any atom is -0.457 e. The van der Waals surface area contributed by atoms with Crippen LogP contribution >= 0.6 is 0 Å². The normalized spacial score (nSPS) is 9.76. The summed E-state index contributed by atoms with van der Waals surface area (Å²) in [6.45, 7) is 3.95. The summed E-state index contributed by atoms with van der Waals surface area (Å²) in [6, 6.07) is 17.5. The number of rotatable bonds is 3. The molecule has 0 aliphatic rings. The number of hydrogen-bond donors (Lipinski definition) is 0.